The topological polar surface area (TPSA) is 79.7 Å². The Balaban J connectivity index is 1.93. The largest absolute Gasteiger partial charge is 0.507 e. The van der Waals surface area contributed by atoms with Crippen molar-refractivity contribution in [1.29, 1.82) is 0 Å². The number of halogens is 1. The molecule has 30 heavy (non-hydrogen) atoms. The fraction of sp³-hybridized carbons (Fsp3) is 0.0870. The monoisotopic (exact) mass is 420 g/mol. The first-order valence-electron chi connectivity index (χ1n) is 9.13. The third-order valence-electron chi connectivity index (χ3n) is 4.87. The van der Waals surface area contributed by atoms with E-state index in [9.17, 15) is 14.7 Å². The van der Waals surface area contributed by atoms with E-state index >= 15 is 0 Å². The number of hydrogen-bond donors (Lipinski definition) is 1. The van der Waals surface area contributed by atoms with Crippen molar-refractivity contribution in [1.82, 2.24) is 4.98 Å². The van der Waals surface area contributed by atoms with Gasteiger partial charge in [0.25, 0.3) is 5.78 Å². The van der Waals surface area contributed by atoms with Gasteiger partial charge < -0.3 is 9.84 Å². The Hall–Kier alpha value is -3.64. The molecule has 1 aliphatic rings. The smallest absolute Gasteiger partial charge is 0.301 e. The second kappa shape index (κ2) is 8.00. The summed E-state index contributed by atoms with van der Waals surface area (Å²) >= 11 is 6.17. The fourth-order valence-electron chi connectivity index (χ4n) is 3.46. The molecule has 2 heterocycles. The van der Waals surface area contributed by atoms with Gasteiger partial charge in [-0.15, -0.1) is 0 Å². The standard InChI is InChI=1S/C23H17ClN2O4/c1-30-17-10-8-14(9-11-17)21(27)19-20(15-5-4-6-16(24)13-15)26(23(29)22(19)28)18-7-2-3-12-25-18/h2-13,20,27H,1H3/b21-19-. The van der Waals surface area contributed by atoms with Crippen LogP contribution in [-0.4, -0.2) is 28.9 Å². The average Bonchev–Trinajstić information content (AvgIpc) is 3.04. The minimum Gasteiger partial charge on any atom is -0.507 e. The first-order valence-corrected chi connectivity index (χ1v) is 9.51. The molecule has 1 atom stereocenters. The van der Waals surface area contributed by atoms with Crippen molar-refractivity contribution in [2.45, 2.75) is 6.04 Å². The molecule has 0 saturated carbocycles. The second-order valence-electron chi connectivity index (χ2n) is 6.64. The Kier molecular flexibility index (Phi) is 5.25. The number of benzene rings is 2. The summed E-state index contributed by atoms with van der Waals surface area (Å²) in [5, 5.41) is 11.5. The normalized spacial score (nSPS) is 17.9. The molecule has 0 bridgehead atoms. The molecule has 0 spiro atoms. The maximum atomic E-state index is 13.0. The molecule has 1 unspecified atom stereocenters. The number of amides is 1. The molecule has 6 nitrogen and oxygen atoms in total. The number of anilines is 1. The molecule has 150 valence electrons. The average molecular weight is 421 g/mol. The Morgan fingerprint density at radius 3 is 2.47 bits per heavy atom. The van der Waals surface area contributed by atoms with Crippen LogP contribution >= 0.6 is 11.6 Å². The van der Waals surface area contributed by atoms with Crippen molar-refractivity contribution in [3.05, 3.63) is 94.6 Å². The van der Waals surface area contributed by atoms with Gasteiger partial charge in [0, 0.05) is 16.8 Å². The maximum absolute atomic E-state index is 13.0. The van der Waals surface area contributed by atoms with E-state index in [1.807, 2.05) is 0 Å². The zero-order valence-electron chi connectivity index (χ0n) is 15.9. The summed E-state index contributed by atoms with van der Waals surface area (Å²) in [5.41, 5.74) is 0.947. The summed E-state index contributed by atoms with van der Waals surface area (Å²) in [6.07, 6.45) is 1.53. The van der Waals surface area contributed by atoms with Gasteiger partial charge in [-0.05, 0) is 54.1 Å². The van der Waals surface area contributed by atoms with Gasteiger partial charge in [0.2, 0.25) is 0 Å². The number of carbonyl (C=O) groups is 2. The predicted molar refractivity (Wildman–Crippen MR) is 113 cm³/mol. The predicted octanol–water partition coefficient (Wildman–Crippen LogP) is 4.37. The lowest BCUT2D eigenvalue weighted by Crippen LogP contribution is -2.30. The minimum absolute atomic E-state index is 0.0295. The van der Waals surface area contributed by atoms with Crippen molar-refractivity contribution in [2.24, 2.45) is 0 Å². The lowest BCUT2D eigenvalue weighted by molar-refractivity contribution is -0.132. The molecular formula is C23H17ClN2O4. The third-order valence-corrected chi connectivity index (χ3v) is 5.10. The van der Waals surface area contributed by atoms with Crippen LogP contribution in [0.15, 0.2) is 78.5 Å². The van der Waals surface area contributed by atoms with Crippen molar-refractivity contribution in [3.8, 4) is 5.75 Å². The third kappa shape index (κ3) is 3.42. The molecule has 0 radical (unpaired) electrons. The Morgan fingerprint density at radius 1 is 1.07 bits per heavy atom. The molecule has 3 aromatic rings. The van der Waals surface area contributed by atoms with E-state index in [2.05, 4.69) is 4.98 Å². The minimum atomic E-state index is -0.874. The molecule has 1 saturated heterocycles. The Morgan fingerprint density at radius 2 is 1.83 bits per heavy atom. The number of hydrogen-bond acceptors (Lipinski definition) is 5. The van der Waals surface area contributed by atoms with Crippen LogP contribution in [0.25, 0.3) is 5.76 Å². The van der Waals surface area contributed by atoms with Gasteiger partial charge in [0.15, 0.2) is 0 Å². The van der Waals surface area contributed by atoms with E-state index in [-0.39, 0.29) is 11.3 Å². The van der Waals surface area contributed by atoms with Crippen LogP contribution in [0, 0.1) is 0 Å². The quantitative estimate of drug-likeness (QED) is 0.385. The molecule has 7 heteroatoms. The number of ether oxygens (including phenoxy) is 1. The zero-order chi connectivity index (χ0) is 21.3. The van der Waals surface area contributed by atoms with Crippen molar-refractivity contribution in [3.63, 3.8) is 0 Å². The first-order chi connectivity index (χ1) is 14.5. The van der Waals surface area contributed by atoms with Gasteiger partial charge in [0.05, 0.1) is 18.7 Å². The number of Topliss-reactive ketones (excluding diaryl/α,β-unsaturated/α-hetero) is 1. The van der Waals surface area contributed by atoms with Crippen molar-refractivity contribution >= 4 is 34.9 Å². The summed E-state index contributed by atoms with van der Waals surface area (Å²) in [5.74, 6) is -0.933. The number of pyridine rings is 1. The van der Waals surface area contributed by atoms with E-state index in [0.717, 1.165) is 0 Å². The van der Waals surface area contributed by atoms with Crippen molar-refractivity contribution < 1.29 is 19.4 Å². The van der Waals surface area contributed by atoms with Crippen LogP contribution in [-0.2, 0) is 9.59 Å². The molecule has 1 aromatic heterocycles. The molecule has 1 amide bonds. The van der Waals surface area contributed by atoms with E-state index in [0.29, 0.717) is 27.7 Å². The highest BCUT2D eigenvalue weighted by atomic mass is 35.5. The maximum Gasteiger partial charge on any atom is 0.301 e. The van der Waals surface area contributed by atoms with Crippen LogP contribution in [0.4, 0.5) is 5.82 Å². The van der Waals surface area contributed by atoms with Crippen molar-refractivity contribution in [2.75, 3.05) is 12.0 Å². The molecule has 1 N–H and O–H groups in total. The number of carbonyl (C=O) groups excluding carboxylic acids is 2. The lowest BCUT2D eigenvalue weighted by Gasteiger charge is -2.24. The molecule has 0 aliphatic carbocycles. The molecular weight excluding hydrogens is 404 g/mol. The fourth-order valence-corrected chi connectivity index (χ4v) is 3.66. The van der Waals surface area contributed by atoms with Gasteiger partial charge in [-0.2, -0.15) is 0 Å². The summed E-state index contributed by atoms with van der Waals surface area (Å²) < 4.78 is 5.14. The van der Waals surface area contributed by atoms with E-state index in [1.54, 1.807) is 66.7 Å². The molecule has 1 fully saturated rings. The molecule has 4 rings (SSSR count). The van der Waals surface area contributed by atoms with Crippen LogP contribution < -0.4 is 9.64 Å². The summed E-state index contributed by atoms with van der Waals surface area (Å²) in [6, 6.07) is 17.6. The Bertz CT molecular complexity index is 1140. The van der Waals surface area contributed by atoms with E-state index in [1.165, 1.54) is 18.2 Å². The van der Waals surface area contributed by atoms with Gasteiger partial charge in [0.1, 0.15) is 17.3 Å². The van der Waals surface area contributed by atoms with E-state index < -0.39 is 17.7 Å². The summed E-state index contributed by atoms with van der Waals surface area (Å²) in [7, 11) is 1.53. The van der Waals surface area contributed by atoms with Crippen LogP contribution in [0.2, 0.25) is 5.02 Å². The van der Waals surface area contributed by atoms with E-state index in [4.69, 9.17) is 16.3 Å². The van der Waals surface area contributed by atoms with Gasteiger partial charge in [-0.3, -0.25) is 14.5 Å². The Labute approximate surface area is 178 Å². The SMILES string of the molecule is COc1ccc(/C(O)=C2/C(=O)C(=O)N(c3ccccn3)C2c2cccc(Cl)c2)cc1. The number of rotatable bonds is 4. The highest BCUT2D eigenvalue weighted by Gasteiger charge is 2.47. The number of nitrogens with zero attached hydrogens (tertiary/aromatic N) is 2. The van der Waals surface area contributed by atoms with Crippen LogP contribution in [0.5, 0.6) is 5.75 Å². The van der Waals surface area contributed by atoms with Crippen LogP contribution in [0.1, 0.15) is 17.2 Å². The number of aliphatic hydroxyl groups excluding tert-OH is 1. The highest BCUT2D eigenvalue weighted by molar-refractivity contribution is 6.51. The lowest BCUT2D eigenvalue weighted by atomic mass is 9.95. The first kappa shape index (κ1) is 19.7. The van der Waals surface area contributed by atoms with Crippen LogP contribution in [0.3, 0.4) is 0 Å². The van der Waals surface area contributed by atoms with Gasteiger partial charge >= 0.3 is 5.91 Å². The molecule has 2 aromatic carbocycles. The highest BCUT2D eigenvalue weighted by Crippen LogP contribution is 2.42. The molecule has 1 aliphatic heterocycles. The van der Waals surface area contributed by atoms with Gasteiger partial charge in [-0.25, -0.2) is 4.98 Å². The number of methoxy groups -OCH3 is 1. The van der Waals surface area contributed by atoms with Gasteiger partial charge in [-0.1, -0.05) is 29.8 Å². The zero-order valence-corrected chi connectivity index (χ0v) is 16.7. The number of ketones is 1. The number of aromatic nitrogens is 1. The second-order valence-corrected chi connectivity index (χ2v) is 7.08. The summed E-state index contributed by atoms with van der Waals surface area (Å²) in [6.45, 7) is 0. The summed E-state index contributed by atoms with van der Waals surface area (Å²) in [4.78, 5) is 31.5. The number of aliphatic hydroxyl groups is 1.